The number of aryl methyl sites for hydroxylation is 1. The summed E-state index contributed by atoms with van der Waals surface area (Å²) in [7, 11) is 0. The maximum Gasteiger partial charge on any atom is 0.252 e. The van der Waals surface area contributed by atoms with E-state index in [2.05, 4.69) is 36.6 Å². The quantitative estimate of drug-likeness (QED) is 0.223. The van der Waals surface area contributed by atoms with Crippen LogP contribution in [0.5, 0.6) is 0 Å². The SMILES string of the molecule is Cc1cccc(N/C(=C\C(=N)NCc2ccc(Br)cc2)c2ccn3ncc(C(N)=O)c3c2)n1. The second-order valence-electron chi connectivity index (χ2n) is 7.41. The third kappa shape index (κ3) is 5.45. The topological polar surface area (TPSA) is 121 Å². The van der Waals surface area contributed by atoms with Gasteiger partial charge in [-0.15, -0.1) is 0 Å². The molecule has 0 aliphatic heterocycles. The van der Waals surface area contributed by atoms with Gasteiger partial charge in [0.1, 0.15) is 11.7 Å². The van der Waals surface area contributed by atoms with E-state index < -0.39 is 5.91 Å². The summed E-state index contributed by atoms with van der Waals surface area (Å²) < 4.78 is 2.59. The van der Waals surface area contributed by atoms with Crippen molar-refractivity contribution in [2.75, 3.05) is 5.32 Å². The molecule has 0 aliphatic rings. The van der Waals surface area contributed by atoms with Gasteiger partial charge in [0, 0.05) is 34.5 Å². The van der Waals surface area contributed by atoms with Gasteiger partial charge >= 0.3 is 0 Å². The van der Waals surface area contributed by atoms with Crippen LogP contribution in [-0.2, 0) is 6.54 Å². The highest BCUT2D eigenvalue weighted by Crippen LogP contribution is 2.21. The molecule has 0 saturated heterocycles. The fraction of sp³-hybridized carbons (Fsp3) is 0.0833. The molecular formula is C24H22BrN7O. The Bertz CT molecular complexity index is 1360. The van der Waals surface area contributed by atoms with Crippen molar-refractivity contribution < 1.29 is 4.79 Å². The van der Waals surface area contributed by atoms with E-state index in [-0.39, 0.29) is 5.84 Å². The average molecular weight is 504 g/mol. The van der Waals surface area contributed by atoms with Gasteiger partial charge < -0.3 is 16.4 Å². The Morgan fingerprint density at radius 1 is 1.21 bits per heavy atom. The normalized spacial score (nSPS) is 11.4. The molecule has 0 atom stereocenters. The Kier molecular flexibility index (Phi) is 6.50. The second kappa shape index (κ2) is 9.66. The third-order valence-corrected chi connectivity index (χ3v) is 5.46. The number of hydrogen-bond donors (Lipinski definition) is 4. The van der Waals surface area contributed by atoms with Crippen molar-refractivity contribution in [2.24, 2.45) is 5.73 Å². The van der Waals surface area contributed by atoms with Crippen LogP contribution in [0.3, 0.4) is 0 Å². The van der Waals surface area contributed by atoms with Crippen molar-refractivity contribution >= 4 is 44.7 Å². The molecule has 0 radical (unpaired) electrons. The first-order chi connectivity index (χ1) is 15.9. The highest BCUT2D eigenvalue weighted by atomic mass is 79.9. The zero-order valence-corrected chi connectivity index (χ0v) is 19.4. The molecule has 0 bridgehead atoms. The predicted molar refractivity (Wildman–Crippen MR) is 133 cm³/mol. The van der Waals surface area contributed by atoms with Crippen molar-refractivity contribution in [1.29, 1.82) is 5.41 Å². The van der Waals surface area contributed by atoms with Crippen LogP contribution in [0.1, 0.15) is 27.2 Å². The summed E-state index contributed by atoms with van der Waals surface area (Å²) in [5.74, 6) is 0.312. The zero-order chi connectivity index (χ0) is 23.4. The molecule has 0 saturated carbocycles. The summed E-state index contributed by atoms with van der Waals surface area (Å²) in [5.41, 5.74) is 9.72. The lowest BCUT2D eigenvalue weighted by atomic mass is 10.1. The second-order valence-corrected chi connectivity index (χ2v) is 8.32. The van der Waals surface area contributed by atoms with E-state index >= 15 is 0 Å². The fourth-order valence-corrected chi connectivity index (χ4v) is 3.54. The molecule has 0 aliphatic carbocycles. The molecule has 5 N–H and O–H groups in total. The van der Waals surface area contributed by atoms with Gasteiger partial charge in [0.25, 0.3) is 5.91 Å². The number of primary amides is 1. The summed E-state index contributed by atoms with van der Waals surface area (Å²) in [6.07, 6.45) is 4.88. The molecule has 1 amide bonds. The Morgan fingerprint density at radius 2 is 2.00 bits per heavy atom. The predicted octanol–water partition coefficient (Wildman–Crippen LogP) is 4.12. The molecule has 9 heteroatoms. The molecule has 8 nitrogen and oxygen atoms in total. The van der Waals surface area contributed by atoms with Crippen LogP contribution in [0.2, 0.25) is 0 Å². The van der Waals surface area contributed by atoms with Crippen molar-refractivity contribution in [3.63, 3.8) is 0 Å². The fourth-order valence-electron chi connectivity index (χ4n) is 3.28. The van der Waals surface area contributed by atoms with Crippen LogP contribution in [0.4, 0.5) is 5.82 Å². The molecule has 4 aromatic rings. The number of anilines is 1. The smallest absolute Gasteiger partial charge is 0.252 e. The molecular weight excluding hydrogens is 482 g/mol. The maximum absolute atomic E-state index is 11.8. The monoisotopic (exact) mass is 503 g/mol. The minimum absolute atomic E-state index is 0.219. The van der Waals surface area contributed by atoms with Crippen LogP contribution >= 0.6 is 15.9 Å². The largest absolute Gasteiger partial charge is 0.366 e. The van der Waals surface area contributed by atoms with Gasteiger partial charge in [-0.05, 0) is 48.9 Å². The molecule has 0 unspecified atom stereocenters. The number of pyridine rings is 2. The number of aromatic nitrogens is 3. The molecule has 4 rings (SSSR count). The molecule has 33 heavy (non-hydrogen) atoms. The van der Waals surface area contributed by atoms with E-state index in [0.717, 1.165) is 21.3 Å². The van der Waals surface area contributed by atoms with Gasteiger partial charge in [-0.1, -0.05) is 34.1 Å². The minimum atomic E-state index is -0.551. The minimum Gasteiger partial charge on any atom is -0.366 e. The summed E-state index contributed by atoms with van der Waals surface area (Å²) in [4.78, 5) is 16.3. The molecule has 3 heterocycles. The Balaban J connectivity index is 1.66. The van der Waals surface area contributed by atoms with Gasteiger partial charge in [-0.2, -0.15) is 5.10 Å². The number of nitrogens with two attached hydrogens (primary N) is 1. The Morgan fingerprint density at radius 3 is 2.73 bits per heavy atom. The highest BCUT2D eigenvalue weighted by molar-refractivity contribution is 9.10. The van der Waals surface area contributed by atoms with E-state index in [0.29, 0.717) is 29.1 Å². The third-order valence-electron chi connectivity index (χ3n) is 4.93. The van der Waals surface area contributed by atoms with Gasteiger partial charge in [0.05, 0.1) is 23.0 Å². The first kappa shape index (κ1) is 22.2. The van der Waals surface area contributed by atoms with E-state index in [9.17, 15) is 4.79 Å². The molecule has 166 valence electrons. The number of amidine groups is 1. The number of carbonyl (C=O) groups excluding carboxylic acids is 1. The Hall–Kier alpha value is -3.98. The summed E-state index contributed by atoms with van der Waals surface area (Å²) in [6.45, 7) is 2.42. The Labute approximate surface area is 199 Å². The summed E-state index contributed by atoms with van der Waals surface area (Å²) in [5, 5.41) is 19.0. The number of fused-ring (bicyclic) bond motifs is 1. The number of nitrogens with zero attached hydrogens (tertiary/aromatic N) is 3. The number of benzene rings is 1. The zero-order valence-electron chi connectivity index (χ0n) is 17.8. The summed E-state index contributed by atoms with van der Waals surface area (Å²) >= 11 is 3.43. The van der Waals surface area contributed by atoms with Gasteiger partial charge in [0.2, 0.25) is 0 Å². The van der Waals surface area contributed by atoms with Crippen molar-refractivity contribution in [3.8, 4) is 0 Å². The molecule has 0 spiro atoms. The lowest BCUT2D eigenvalue weighted by Gasteiger charge is -2.13. The van der Waals surface area contributed by atoms with E-state index in [4.69, 9.17) is 11.1 Å². The lowest BCUT2D eigenvalue weighted by Crippen LogP contribution is -2.21. The van der Waals surface area contributed by atoms with Crippen LogP contribution in [0.25, 0.3) is 11.2 Å². The van der Waals surface area contributed by atoms with Gasteiger partial charge in [-0.25, -0.2) is 9.50 Å². The van der Waals surface area contributed by atoms with Gasteiger partial charge in [0.15, 0.2) is 0 Å². The van der Waals surface area contributed by atoms with Crippen LogP contribution < -0.4 is 16.4 Å². The van der Waals surface area contributed by atoms with E-state index in [1.165, 1.54) is 6.20 Å². The number of nitrogens with one attached hydrogen (secondary N) is 3. The van der Waals surface area contributed by atoms with E-state index in [1.54, 1.807) is 16.8 Å². The first-order valence-electron chi connectivity index (χ1n) is 10.2. The number of carbonyl (C=O) groups is 1. The first-order valence-corrected chi connectivity index (χ1v) is 10.9. The maximum atomic E-state index is 11.8. The molecule has 3 aromatic heterocycles. The summed E-state index contributed by atoms with van der Waals surface area (Å²) in [6, 6.07) is 17.2. The average Bonchev–Trinajstić information content (AvgIpc) is 3.22. The van der Waals surface area contributed by atoms with E-state index in [1.807, 2.05) is 61.5 Å². The van der Waals surface area contributed by atoms with Crippen molar-refractivity contribution in [2.45, 2.75) is 13.5 Å². The van der Waals surface area contributed by atoms with Gasteiger partial charge in [-0.3, -0.25) is 10.2 Å². The van der Waals surface area contributed by atoms with Crippen LogP contribution in [0.15, 0.2) is 77.5 Å². The number of halogens is 1. The molecule has 0 fully saturated rings. The number of hydrogen-bond acceptors (Lipinski definition) is 5. The highest BCUT2D eigenvalue weighted by Gasteiger charge is 2.12. The standard InChI is InChI=1S/C24H22BrN7O/c1-15-3-2-4-23(30-15)31-20(12-22(26)28-13-16-5-7-18(25)8-6-16)17-9-10-32-21(11-17)19(14-29-32)24(27)33/h2-12,14H,13H2,1H3,(H2,26,28)(H2,27,33)(H,30,31)/b20-12-. The van der Waals surface area contributed by atoms with Crippen molar-refractivity contribution in [3.05, 3.63) is 99.9 Å². The van der Waals surface area contributed by atoms with Crippen LogP contribution in [0, 0.1) is 12.3 Å². The number of rotatable bonds is 7. The van der Waals surface area contributed by atoms with Crippen molar-refractivity contribution in [1.82, 2.24) is 19.9 Å². The molecule has 1 aromatic carbocycles. The van der Waals surface area contributed by atoms with Crippen LogP contribution in [-0.4, -0.2) is 26.3 Å². The lowest BCUT2D eigenvalue weighted by molar-refractivity contribution is 0.100. The number of amides is 1.